The summed E-state index contributed by atoms with van der Waals surface area (Å²) < 4.78 is 2.28. The lowest BCUT2D eigenvalue weighted by molar-refractivity contribution is 0.245. The average molecular weight is 350 g/mol. The molecule has 0 aliphatic carbocycles. The zero-order valence-corrected chi connectivity index (χ0v) is 17.9. The van der Waals surface area contributed by atoms with Crippen LogP contribution in [0.3, 0.4) is 0 Å². The number of anilines is 1. The number of nitrogens with zero attached hydrogens (tertiary/aromatic N) is 3. The van der Waals surface area contributed by atoms with Gasteiger partial charge in [0.25, 0.3) is 0 Å². The number of imidazole rings is 1. The van der Waals surface area contributed by atoms with Gasteiger partial charge < -0.3 is 9.47 Å². The maximum absolute atomic E-state index is 4.62. The summed E-state index contributed by atoms with van der Waals surface area (Å²) in [6, 6.07) is 0. The molecule has 1 unspecified atom stereocenters. The molecule has 0 fully saturated rings. The first-order chi connectivity index (χ1) is 11.9. The molecule has 25 heavy (non-hydrogen) atoms. The molecule has 0 aliphatic rings. The van der Waals surface area contributed by atoms with Crippen molar-refractivity contribution in [2.75, 3.05) is 19.0 Å². The van der Waals surface area contributed by atoms with E-state index in [2.05, 4.69) is 62.6 Å². The fourth-order valence-corrected chi connectivity index (χ4v) is 3.89. The Morgan fingerprint density at radius 2 is 1.44 bits per heavy atom. The molecule has 1 aromatic heterocycles. The van der Waals surface area contributed by atoms with E-state index in [1.165, 1.54) is 76.3 Å². The Morgan fingerprint density at radius 1 is 0.920 bits per heavy atom. The lowest BCUT2D eigenvalue weighted by Crippen LogP contribution is -2.22. The molecule has 146 valence electrons. The molecule has 0 N–H and O–H groups in total. The van der Waals surface area contributed by atoms with Gasteiger partial charge in [0.1, 0.15) is 0 Å². The van der Waals surface area contributed by atoms with E-state index in [-0.39, 0.29) is 0 Å². The third-order valence-corrected chi connectivity index (χ3v) is 5.59. The van der Waals surface area contributed by atoms with Crippen LogP contribution in [0, 0.1) is 5.41 Å². The summed E-state index contributed by atoms with van der Waals surface area (Å²) >= 11 is 0. The van der Waals surface area contributed by atoms with E-state index in [0.717, 1.165) is 12.4 Å². The van der Waals surface area contributed by atoms with E-state index in [9.17, 15) is 0 Å². The molecule has 1 rings (SSSR count). The van der Waals surface area contributed by atoms with Crippen LogP contribution in [0.15, 0.2) is 6.20 Å². The SMILES string of the molecule is CCCCCCCC(C)(CCCCCC)Cc1cnc(N(C)C)n1C. The van der Waals surface area contributed by atoms with Gasteiger partial charge in [-0.2, -0.15) is 0 Å². The van der Waals surface area contributed by atoms with Crippen LogP contribution in [0.25, 0.3) is 0 Å². The van der Waals surface area contributed by atoms with Crippen molar-refractivity contribution in [2.24, 2.45) is 12.5 Å². The number of unbranched alkanes of at least 4 members (excludes halogenated alkanes) is 7. The van der Waals surface area contributed by atoms with Gasteiger partial charge in [0.2, 0.25) is 5.95 Å². The first kappa shape index (κ1) is 22.1. The molecule has 0 radical (unpaired) electrons. The maximum Gasteiger partial charge on any atom is 0.204 e. The normalized spacial score (nSPS) is 13.8. The second-order valence-corrected chi connectivity index (χ2v) is 8.47. The Bertz CT molecular complexity index is 464. The molecule has 3 nitrogen and oxygen atoms in total. The average Bonchev–Trinajstić information content (AvgIpc) is 2.92. The predicted octanol–water partition coefficient (Wildman–Crippen LogP) is 6.37. The second kappa shape index (κ2) is 11.6. The van der Waals surface area contributed by atoms with Crippen LogP contribution in [0.2, 0.25) is 0 Å². The Balaban J connectivity index is 2.68. The summed E-state index contributed by atoms with van der Waals surface area (Å²) in [4.78, 5) is 6.72. The third-order valence-electron chi connectivity index (χ3n) is 5.59. The van der Waals surface area contributed by atoms with Gasteiger partial charge in [-0.05, 0) is 24.7 Å². The third kappa shape index (κ3) is 7.83. The minimum Gasteiger partial charge on any atom is -0.348 e. The van der Waals surface area contributed by atoms with Crippen molar-refractivity contribution in [1.82, 2.24) is 9.55 Å². The molecule has 3 heteroatoms. The van der Waals surface area contributed by atoms with Crippen molar-refractivity contribution in [3.05, 3.63) is 11.9 Å². The van der Waals surface area contributed by atoms with Crippen LogP contribution in [0.5, 0.6) is 0 Å². The highest BCUT2D eigenvalue weighted by molar-refractivity contribution is 5.31. The number of aromatic nitrogens is 2. The van der Waals surface area contributed by atoms with E-state index in [0.29, 0.717) is 5.41 Å². The van der Waals surface area contributed by atoms with Crippen molar-refractivity contribution < 1.29 is 0 Å². The molecule has 1 aromatic rings. The van der Waals surface area contributed by atoms with Gasteiger partial charge in [-0.1, -0.05) is 78.6 Å². The molecule has 0 saturated heterocycles. The highest BCUT2D eigenvalue weighted by atomic mass is 15.3. The van der Waals surface area contributed by atoms with Gasteiger partial charge in [0, 0.05) is 26.8 Å². The summed E-state index contributed by atoms with van der Waals surface area (Å²) in [6.45, 7) is 7.11. The van der Waals surface area contributed by atoms with E-state index in [1.807, 2.05) is 0 Å². The van der Waals surface area contributed by atoms with Crippen molar-refractivity contribution in [2.45, 2.75) is 97.8 Å². The van der Waals surface area contributed by atoms with E-state index in [1.54, 1.807) is 0 Å². The van der Waals surface area contributed by atoms with Crippen molar-refractivity contribution >= 4 is 5.95 Å². The monoisotopic (exact) mass is 349 g/mol. The summed E-state index contributed by atoms with van der Waals surface area (Å²) in [5.74, 6) is 1.06. The Morgan fingerprint density at radius 3 is 1.92 bits per heavy atom. The summed E-state index contributed by atoms with van der Waals surface area (Å²) in [7, 11) is 6.31. The molecular formula is C22H43N3. The molecule has 0 aromatic carbocycles. The zero-order chi connectivity index (χ0) is 18.7. The standard InChI is InChI=1S/C22H43N3/c1-7-9-11-13-15-17-22(3,16-14-12-10-8-2)18-20-19-23-21(24(4)5)25(20)6/h19H,7-18H2,1-6H3. The molecular weight excluding hydrogens is 306 g/mol. The molecule has 0 spiro atoms. The lowest BCUT2D eigenvalue weighted by Gasteiger charge is -2.30. The lowest BCUT2D eigenvalue weighted by atomic mass is 9.76. The summed E-state index contributed by atoms with van der Waals surface area (Å²) in [5.41, 5.74) is 1.80. The highest BCUT2D eigenvalue weighted by Crippen LogP contribution is 2.35. The highest BCUT2D eigenvalue weighted by Gasteiger charge is 2.26. The van der Waals surface area contributed by atoms with Crippen LogP contribution in [-0.4, -0.2) is 23.6 Å². The Hall–Kier alpha value is -0.990. The Kier molecular flexibility index (Phi) is 10.2. The molecule has 0 bridgehead atoms. The van der Waals surface area contributed by atoms with Crippen LogP contribution >= 0.6 is 0 Å². The zero-order valence-electron chi connectivity index (χ0n) is 17.9. The van der Waals surface area contributed by atoms with E-state index < -0.39 is 0 Å². The van der Waals surface area contributed by atoms with Crippen LogP contribution < -0.4 is 4.90 Å². The van der Waals surface area contributed by atoms with E-state index >= 15 is 0 Å². The predicted molar refractivity (Wildman–Crippen MR) is 111 cm³/mol. The van der Waals surface area contributed by atoms with Gasteiger partial charge in [0.05, 0.1) is 6.20 Å². The summed E-state index contributed by atoms with van der Waals surface area (Å²) in [5, 5.41) is 0. The van der Waals surface area contributed by atoms with Crippen LogP contribution in [0.1, 0.15) is 97.1 Å². The van der Waals surface area contributed by atoms with Crippen molar-refractivity contribution in [1.29, 1.82) is 0 Å². The topological polar surface area (TPSA) is 21.1 Å². The van der Waals surface area contributed by atoms with Gasteiger partial charge in [-0.15, -0.1) is 0 Å². The van der Waals surface area contributed by atoms with Gasteiger partial charge in [-0.25, -0.2) is 4.98 Å². The van der Waals surface area contributed by atoms with Crippen LogP contribution in [0.4, 0.5) is 5.95 Å². The number of hydrogen-bond acceptors (Lipinski definition) is 2. The van der Waals surface area contributed by atoms with Crippen molar-refractivity contribution in [3.8, 4) is 0 Å². The first-order valence-electron chi connectivity index (χ1n) is 10.6. The first-order valence-corrected chi connectivity index (χ1v) is 10.6. The van der Waals surface area contributed by atoms with Crippen LogP contribution in [-0.2, 0) is 13.5 Å². The fourth-order valence-electron chi connectivity index (χ4n) is 3.89. The minimum atomic E-state index is 0.414. The number of hydrogen-bond donors (Lipinski definition) is 0. The smallest absolute Gasteiger partial charge is 0.204 e. The quantitative estimate of drug-likeness (QED) is 0.364. The molecule has 1 atom stereocenters. The van der Waals surface area contributed by atoms with Crippen molar-refractivity contribution in [3.63, 3.8) is 0 Å². The molecule has 1 heterocycles. The Labute approximate surface area is 157 Å². The second-order valence-electron chi connectivity index (χ2n) is 8.47. The number of rotatable bonds is 14. The maximum atomic E-state index is 4.62. The van der Waals surface area contributed by atoms with Gasteiger partial charge >= 0.3 is 0 Å². The summed E-state index contributed by atoms with van der Waals surface area (Å²) in [6.07, 6.45) is 18.3. The fraction of sp³-hybridized carbons (Fsp3) is 0.864. The minimum absolute atomic E-state index is 0.414. The molecule has 0 aliphatic heterocycles. The van der Waals surface area contributed by atoms with Gasteiger partial charge in [-0.3, -0.25) is 0 Å². The molecule has 0 amide bonds. The van der Waals surface area contributed by atoms with Gasteiger partial charge in [0.15, 0.2) is 0 Å². The largest absolute Gasteiger partial charge is 0.348 e. The van der Waals surface area contributed by atoms with E-state index in [4.69, 9.17) is 0 Å². The molecule has 0 saturated carbocycles.